The summed E-state index contributed by atoms with van der Waals surface area (Å²) in [5.41, 5.74) is -36.9. The number of alkyl halides is 20. The van der Waals surface area contributed by atoms with Crippen molar-refractivity contribution in [3.63, 3.8) is 0 Å². The zero-order valence-electron chi connectivity index (χ0n) is 12.6. The fraction of sp³-hybridized carbons (Fsp3) is 1.00. The molecule has 1 saturated carbocycles. The summed E-state index contributed by atoms with van der Waals surface area (Å²) in [5, 5.41) is 0. The third kappa shape index (κ3) is 2.22. The van der Waals surface area contributed by atoms with Gasteiger partial charge in [-0.15, -0.1) is 0 Å². The summed E-state index contributed by atoms with van der Waals surface area (Å²) >= 11 is 0. The molecule has 0 aliphatic heterocycles. The lowest BCUT2D eigenvalue weighted by Gasteiger charge is -2.60. The molecular weight excluding hydrogens is 500 g/mol. The Morgan fingerprint density at radius 3 is 0.500 bits per heavy atom. The van der Waals surface area contributed by atoms with Gasteiger partial charge in [0.25, 0.3) is 0 Å². The summed E-state index contributed by atoms with van der Waals surface area (Å²) < 4.78 is 262. The number of rotatable bonds is 0. The van der Waals surface area contributed by atoms with Gasteiger partial charge in [-0.3, -0.25) is 0 Å². The van der Waals surface area contributed by atoms with Crippen LogP contribution in [-0.4, -0.2) is 59.2 Å². The first-order chi connectivity index (χ1) is 12.5. The number of halogens is 20. The molecule has 0 bridgehead atoms. The Hall–Kier alpha value is -1.40. The van der Waals surface area contributed by atoms with Crippen molar-refractivity contribution in [1.29, 1.82) is 0 Å². The SMILES string of the molecule is FC(F)(F)[C@@]1(F)C(F)(F)C(F)(F)[C@@](F)(C(F)(F)F)[C@@](F)(C(F)(F)F)[C@]1(F)C(F)(F)F. The Labute approximate surface area is 148 Å². The largest absolute Gasteiger partial charge is 0.432 e. The molecule has 0 spiro atoms. The smallest absolute Gasteiger partial charge is 0.225 e. The van der Waals surface area contributed by atoms with Crippen molar-refractivity contribution in [3.8, 4) is 0 Å². The average Bonchev–Trinajstić information content (AvgIpc) is 2.45. The molecule has 0 N–H and O–H groups in total. The van der Waals surface area contributed by atoms with Crippen molar-refractivity contribution in [1.82, 2.24) is 0 Å². The summed E-state index contributed by atoms with van der Waals surface area (Å²) in [5.74, 6) is -17.9. The number of hydrogen-bond acceptors (Lipinski definition) is 0. The van der Waals surface area contributed by atoms with E-state index < -0.39 is 59.2 Å². The lowest BCUT2D eigenvalue weighted by Crippen LogP contribution is -2.96. The van der Waals surface area contributed by atoms with Crippen molar-refractivity contribution >= 4 is 0 Å². The van der Waals surface area contributed by atoms with Gasteiger partial charge in [0.1, 0.15) is 0 Å². The maximum Gasteiger partial charge on any atom is 0.432 e. The highest BCUT2D eigenvalue weighted by molar-refractivity contribution is 5.41. The normalized spacial score (nSPS) is 40.4. The van der Waals surface area contributed by atoms with Crippen LogP contribution in [0.4, 0.5) is 87.8 Å². The fourth-order valence-corrected chi connectivity index (χ4v) is 2.87. The molecule has 0 radical (unpaired) electrons. The number of hydrogen-bond donors (Lipinski definition) is 0. The predicted octanol–water partition coefficient (Wildman–Crippen LogP) is 6.35. The van der Waals surface area contributed by atoms with E-state index in [1.165, 1.54) is 0 Å². The first kappa shape index (κ1) is 26.6. The van der Waals surface area contributed by atoms with Gasteiger partial charge in [-0.2, -0.15) is 70.2 Å². The van der Waals surface area contributed by atoms with E-state index >= 15 is 0 Å². The van der Waals surface area contributed by atoms with E-state index in [1.807, 2.05) is 0 Å². The third-order valence-corrected chi connectivity index (χ3v) is 4.25. The molecule has 1 aliphatic rings. The van der Waals surface area contributed by atoms with Crippen LogP contribution in [0.25, 0.3) is 0 Å². The molecule has 180 valence electrons. The van der Waals surface area contributed by atoms with Crippen molar-refractivity contribution in [2.75, 3.05) is 0 Å². The first-order valence-electron chi connectivity index (χ1n) is 6.28. The molecule has 1 rings (SSSR count). The average molecular weight is 500 g/mol. The Bertz CT molecular complexity index is 630. The minimum atomic E-state index is -9.33. The minimum absolute atomic E-state index is 8.61. The topological polar surface area (TPSA) is 0 Å². The Balaban J connectivity index is 4.65. The lowest BCUT2D eigenvalue weighted by atomic mass is 9.54. The first-order valence-corrected chi connectivity index (χ1v) is 6.28. The van der Waals surface area contributed by atoms with Crippen LogP contribution in [0.5, 0.6) is 0 Å². The van der Waals surface area contributed by atoms with Crippen LogP contribution >= 0.6 is 0 Å². The zero-order valence-corrected chi connectivity index (χ0v) is 12.6. The van der Waals surface area contributed by atoms with Crippen LogP contribution in [0.15, 0.2) is 0 Å². The second-order valence-corrected chi connectivity index (χ2v) is 5.77. The second kappa shape index (κ2) is 5.69. The highest BCUT2D eigenvalue weighted by Crippen LogP contribution is 2.78. The maximum atomic E-state index is 14.2. The van der Waals surface area contributed by atoms with Crippen LogP contribution in [0, 0.1) is 0 Å². The summed E-state index contributed by atoms with van der Waals surface area (Å²) in [6.45, 7) is 0. The van der Waals surface area contributed by atoms with E-state index in [-0.39, 0.29) is 0 Å². The highest BCUT2D eigenvalue weighted by atomic mass is 19.4. The molecule has 0 saturated heterocycles. The van der Waals surface area contributed by atoms with Gasteiger partial charge in [0, 0.05) is 0 Å². The van der Waals surface area contributed by atoms with E-state index in [9.17, 15) is 87.8 Å². The van der Waals surface area contributed by atoms with Crippen molar-refractivity contribution in [2.24, 2.45) is 0 Å². The van der Waals surface area contributed by atoms with Crippen LogP contribution in [-0.2, 0) is 0 Å². The molecule has 0 aromatic heterocycles. The molecule has 0 nitrogen and oxygen atoms in total. The second-order valence-electron chi connectivity index (χ2n) is 5.77. The van der Waals surface area contributed by atoms with E-state index in [1.54, 1.807) is 0 Å². The summed E-state index contributed by atoms with van der Waals surface area (Å²) in [7, 11) is 0. The predicted molar refractivity (Wildman–Crippen MR) is 49.5 cm³/mol. The van der Waals surface area contributed by atoms with Crippen LogP contribution in [0.1, 0.15) is 0 Å². The van der Waals surface area contributed by atoms with E-state index in [4.69, 9.17) is 0 Å². The zero-order chi connectivity index (χ0) is 25.0. The third-order valence-electron chi connectivity index (χ3n) is 4.25. The molecule has 0 aromatic carbocycles. The molecule has 1 fully saturated rings. The lowest BCUT2D eigenvalue weighted by molar-refractivity contribution is -0.538. The molecule has 20 heteroatoms. The summed E-state index contributed by atoms with van der Waals surface area (Å²) in [4.78, 5) is 0. The minimum Gasteiger partial charge on any atom is -0.225 e. The quantitative estimate of drug-likeness (QED) is 0.340. The van der Waals surface area contributed by atoms with Gasteiger partial charge in [-0.25, -0.2) is 17.6 Å². The van der Waals surface area contributed by atoms with Gasteiger partial charge in [0.15, 0.2) is 0 Å². The van der Waals surface area contributed by atoms with Gasteiger partial charge in [0.05, 0.1) is 0 Å². The van der Waals surface area contributed by atoms with Gasteiger partial charge in [0.2, 0.25) is 0 Å². The van der Waals surface area contributed by atoms with Crippen molar-refractivity contribution in [3.05, 3.63) is 0 Å². The molecule has 30 heavy (non-hydrogen) atoms. The Kier molecular flexibility index (Phi) is 5.05. The Morgan fingerprint density at radius 1 is 0.267 bits per heavy atom. The fourth-order valence-electron chi connectivity index (χ4n) is 2.87. The van der Waals surface area contributed by atoms with Crippen molar-refractivity contribution < 1.29 is 87.8 Å². The highest BCUT2D eigenvalue weighted by Gasteiger charge is 3.13. The maximum absolute atomic E-state index is 14.2. The van der Waals surface area contributed by atoms with E-state index in [0.717, 1.165) is 0 Å². The molecular formula is C10F20. The van der Waals surface area contributed by atoms with Crippen molar-refractivity contribution in [2.45, 2.75) is 59.2 Å². The van der Waals surface area contributed by atoms with Crippen LogP contribution < -0.4 is 0 Å². The Morgan fingerprint density at radius 2 is 0.400 bits per heavy atom. The molecule has 0 heterocycles. The molecule has 1 aliphatic carbocycles. The van der Waals surface area contributed by atoms with E-state index in [0.29, 0.717) is 0 Å². The molecule has 0 amide bonds. The van der Waals surface area contributed by atoms with Crippen LogP contribution in [0.2, 0.25) is 0 Å². The molecule has 0 aromatic rings. The molecule has 0 unspecified atom stereocenters. The van der Waals surface area contributed by atoms with Gasteiger partial charge in [-0.1, -0.05) is 0 Å². The summed E-state index contributed by atoms with van der Waals surface area (Å²) in [6.07, 6.45) is -34.8. The standard InChI is InChI=1S/C10F20/c11-1(7(19,20)21)2(12,8(22,23)24)4(14,10(28,29)30)6(17,18)5(15,16)3(1,13)9(25,26)27/t1-,2-,3-,4+/m1/s1. The monoisotopic (exact) mass is 500 g/mol. The van der Waals surface area contributed by atoms with Crippen LogP contribution in [0.3, 0.4) is 0 Å². The molecule has 4 atom stereocenters. The van der Waals surface area contributed by atoms with E-state index in [2.05, 4.69) is 0 Å². The van der Waals surface area contributed by atoms with Gasteiger partial charge >= 0.3 is 59.2 Å². The van der Waals surface area contributed by atoms with Gasteiger partial charge in [-0.05, 0) is 0 Å². The summed E-state index contributed by atoms with van der Waals surface area (Å²) in [6, 6.07) is 0. The van der Waals surface area contributed by atoms with Gasteiger partial charge < -0.3 is 0 Å².